The SMILES string of the molecule is Cl.O=C(O)COc1cc(CC2CCN(CCc3ccc4occc(=O)c4c3)CC2)ccc1Br. The van der Waals surface area contributed by atoms with Crippen molar-refractivity contribution in [2.45, 2.75) is 25.7 Å². The Balaban J connectivity index is 0.00000306. The molecule has 176 valence electrons. The molecule has 4 rings (SSSR count). The average molecular weight is 537 g/mol. The quantitative estimate of drug-likeness (QED) is 0.439. The molecule has 33 heavy (non-hydrogen) atoms. The van der Waals surface area contributed by atoms with Crippen molar-refractivity contribution in [3.05, 3.63) is 74.6 Å². The first kappa shape index (κ1) is 25.3. The lowest BCUT2D eigenvalue weighted by atomic mass is 9.90. The summed E-state index contributed by atoms with van der Waals surface area (Å²) in [6.07, 6.45) is 5.56. The molecule has 2 aromatic carbocycles. The van der Waals surface area contributed by atoms with Crippen LogP contribution in [-0.4, -0.2) is 42.2 Å². The minimum absolute atomic E-state index is 0. The predicted molar refractivity (Wildman–Crippen MR) is 134 cm³/mol. The summed E-state index contributed by atoms with van der Waals surface area (Å²) in [5.41, 5.74) is 2.95. The highest BCUT2D eigenvalue weighted by Crippen LogP contribution is 2.29. The van der Waals surface area contributed by atoms with Crippen LogP contribution in [-0.2, 0) is 17.6 Å². The summed E-state index contributed by atoms with van der Waals surface area (Å²) in [7, 11) is 0. The number of hydrogen-bond donors (Lipinski definition) is 1. The number of aliphatic carboxylic acids is 1. The van der Waals surface area contributed by atoms with Gasteiger partial charge in [-0.2, -0.15) is 0 Å². The Morgan fingerprint density at radius 1 is 1.12 bits per heavy atom. The van der Waals surface area contributed by atoms with Gasteiger partial charge in [0.2, 0.25) is 0 Å². The van der Waals surface area contributed by atoms with Crippen LogP contribution in [0.15, 0.2) is 62.4 Å². The van der Waals surface area contributed by atoms with Crippen LogP contribution in [0.3, 0.4) is 0 Å². The van der Waals surface area contributed by atoms with E-state index in [4.69, 9.17) is 14.3 Å². The van der Waals surface area contributed by atoms with Gasteiger partial charge in [0.1, 0.15) is 11.3 Å². The Hall–Kier alpha value is -2.35. The third-order valence-corrected chi connectivity index (χ3v) is 6.67. The lowest BCUT2D eigenvalue weighted by Gasteiger charge is -2.32. The Kier molecular flexibility index (Phi) is 8.95. The van der Waals surface area contributed by atoms with Gasteiger partial charge in [-0.3, -0.25) is 4.79 Å². The molecule has 2 heterocycles. The van der Waals surface area contributed by atoms with Crippen LogP contribution < -0.4 is 10.2 Å². The normalized spacial score (nSPS) is 14.7. The number of nitrogens with zero attached hydrogens (tertiary/aromatic N) is 1. The molecule has 0 saturated carbocycles. The number of carbonyl (C=O) groups is 1. The van der Waals surface area contributed by atoms with Crippen LogP contribution in [0.5, 0.6) is 5.75 Å². The van der Waals surface area contributed by atoms with E-state index in [1.807, 2.05) is 30.3 Å². The summed E-state index contributed by atoms with van der Waals surface area (Å²) in [6.45, 7) is 2.74. The lowest BCUT2D eigenvalue weighted by molar-refractivity contribution is -0.139. The second kappa shape index (κ2) is 11.7. The van der Waals surface area contributed by atoms with Crippen molar-refractivity contribution in [2.75, 3.05) is 26.2 Å². The summed E-state index contributed by atoms with van der Waals surface area (Å²) in [5.74, 6) is 0.193. The zero-order valence-corrected chi connectivity index (χ0v) is 20.6. The van der Waals surface area contributed by atoms with Crippen LogP contribution in [0.2, 0.25) is 0 Å². The minimum Gasteiger partial charge on any atom is -0.481 e. The van der Waals surface area contributed by atoms with Crippen LogP contribution in [0, 0.1) is 5.92 Å². The number of carboxylic acids is 1. The van der Waals surface area contributed by atoms with Crippen LogP contribution >= 0.6 is 28.3 Å². The van der Waals surface area contributed by atoms with Crippen molar-refractivity contribution in [3.63, 3.8) is 0 Å². The molecular weight excluding hydrogens is 510 g/mol. The molecule has 0 amide bonds. The standard InChI is InChI=1S/C25H26BrNO5.ClH/c26-21-3-1-19(15-24(21)32-16-25(29)30)13-18-6-10-27(11-7-18)9-5-17-2-4-23-20(14-17)22(28)8-12-31-23;/h1-4,8,12,14-15,18H,5-7,9-11,13,16H2,(H,29,30);1H. The van der Waals surface area contributed by atoms with E-state index >= 15 is 0 Å². The van der Waals surface area contributed by atoms with Crippen molar-refractivity contribution in [2.24, 2.45) is 5.92 Å². The molecule has 1 N–H and O–H groups in total. The molecule has 0 bridgehead atoms. The second-order valence-corrected chi connectivity index (χ2v) is 9.16. The van der Waals surface area contributed by atoms with E-state index in [2.05, 4.69) is 26.9 Å². The highest BCUT2D eigenvalue weighted by atomic mass is 79.9. The lowest BCUT2D eigenvalue weighted by Crippen LogP contribution is -2.35. The van der Waals surface area contributed by atoms with Gasteiger partial charge in [-0.05, 0) is 96.0 Å². The van der Waals surface area contributed by atoms with E-state index in [0.717, 1.165) is 55.4 Å². The van der Waals surface area contributed by atoms with Crippen molar-refractivity contribution in [1.82, 2.24) is 4.90 Å². The van der Waals surface area contributed by atoms with Crippen molar-refractivity contribution < 1.29 is 19.1 Å². The number of piperidine rings is 1. The maximum absolute atomic E-state index is 12.0. The van der Waals surface area contributed by atoms with Gasteiger partial charge in [0.05, 0.1) is 16.1 Å². The second-order valence-electron chi connectivity index (χ2n) is 8.30. The number of rotatable bonds is 8. The van der Waals surface area contributed by atoms with Gasteiger partial charge in [-0.15, -0.1) is 12.4 Å². The zero-order chi connectivity index (χ0) is 22.5. The highest BCUT2D eigenvalue weighted by Gasteiger charge is 2.20. The number of halogens is 2. The minimum atomic E-state index is -0.984. The number of hydrogen-bond acceptors (Lipinski definition) is 5. The fourth-order valence-electron chi connectivity index (χ4n) is 4.25. The fourth-order valence-corrected chi connectivity index (χ4v) is 4.61. The van der Waals surface area contributed by atoms with E-state index in [-0.39, 0.29) is 24.4 Å². The molecule has 0 spiro atoms. The number of ether oxygens (including phenoxy) is 1. The van der Waals surface area contributed by atoms with Gasteiger partial charge in [0.25, 0.3) is 0 Å². The largest absolute Gasteiger partial charge is 0.481 e. The molecule has 1 aliphatic rings. The summed E-state index contributed by atoms with van der Waals surface area (Å²) in [6, 6.07) is 13.3. The molecule has 0 aliphatic carbocycles. The van der Waals surface area contributed by atoms with Gasteiger partial charge in [-0.25, -0.2) is 4.79 Å². The Bertz CT molecular complexity index is 1160. The van der Waals surface area contributed by atoms with Gasteiger partial charge < -0.3 is 19.2 Å². The molecule has 8 heteroatoms. The molecule has 0 radical (unpaired) electrons. The number of fused-ring (bicyclic) bond motifs is 1. The molecule has 3 aromatic rings. The van der Waals surface area contributed by atoms with Gasteiger partial charge in [-0.1, -0.05) is 12.1 Å². The van der Waals surface area contributed by atoms with Crippen LogP contribution in [0.4, 0.5) is 0 Å². The molecule has 6 nitrogen and oxygen atoms in total. The average Bonchev–Trinajstić information content (AvgIpc) is 2.79. The van der Waals surface area contributed by atoms with E-state index in [1.165, 1.54) is 17.9 Å². The number of likely N-dealkylation sites (tertiary alicyclic amines) is 1. The Morgan fingerprint density at radius 3 is 2.64 bits per heavy atom. The third-order valence-electron chi connectivity index (χ3n) is 6.02. The van der Waals surface area contributed by atoms with Gasteiger partial charge in [0.15, 0.2) is 12.0 Å². The molecular formula is C25H27BrClNO5. The monoisotopic (exact) mass is 535 g/mol. The topological polar surface area (TPSA) is 80.0 Å². The maximum Gasteiger partial charge on any atom is 0.341 e. The smallest absolute Gasteiger partial charge is 0.341 e. The molecule has 1 aromatic heterocycles. The predicted octanol–water partition coefficient (Wildman–Crippen LogP) is 4.94. The van der Waals surface area contributed by atoms with E-state index in [0.29, 0.717) is 22.6 Å². The number of benzene rings is 2. The molecule has 1 fully saturated rings. The first-order chi connectivity index (χ1) is 15.5. The first-order valence-corrected chi connectivity index (χ1v) is 11.6. The molecule has 1 saturated heterocycles. The van der Waals surface area contributed by atoms with Crippen molar-refractivity contribution in [3.8, 4) is 5.75 Å². The Morgan fingerprint density at radius 2 is 1.88 bits per heavy atom. The third kappa shape index (κ3) is 6.82. The number of carboxylic acid groups (broad SMARTS) is 1. The van der Waals surface area contributed by atoms with E-state index in [9.17, 15) is 9.59 Å². The van der Waals surface area contributed by atoms with Gasteiger partial charge >= 0.3 is 5.97 Å². The maximum atomic E-state index is 12.0. The summed E-state index contributed by atoms with van der Waals surface area (Å²) in [4.78, 5) is 25.3. The summed E-state index contributed by atoms with van der Waals surface area (Å²) < 4.78 is 11.5. The fraction of sp³-hybridized carbons (Fsp3) is 0.360. The van der Waals surface area contributed by atoms with Gasteiger partial charge in [0, 0.05) is 12.6 Å². The molecule has 0 unspecified atom stereocenters. The zero-order valence-electron chi connectivity index (χ0n) is 18.2. The molecule has 1 aliphatic heterocycles. The van der Waals surface area contributed by atoms with Crippen molar-refractivity contribution in [1.29, 1.82) is 0 Å². The van der Waals surface area contributed by atoms with E-state index in [1.54, 1.807) is 0 Å². The van der Waals surface area contributed by atoms with Crippen LogP contribution in [0.1, 0.15) is 24.0 Å². The summed E-state index contributed by atoms with van der Waals surface area (Å²) >= 11 is 3.42. The summed E-state index contributed by atoms with van der Waals surface area (Å²) in [5, 5.41) is 9.48. The van der Waals surface area contributed by atoms with Crippen molar-refractivity contribution >= 4 is 45.3 Å². The first-order valence-electron chi connectivity index (χ1n) is 10.8. The van der Waals surface area contributed by atoms with E-state index < -0.39 is 5.97 Å². The van der Waals surface area contributed by atoms with Crippen LogP contribution in [0.25, 0.3) is 11.0 Å². The molecule has 0 atom stereocenters. The highest BCUT2D eigenvalue weighted by molar-refractivity contribution is 9.10. The Labute approximate surface area is 207 Å².